The van der Waals surface area contributed by atoms with E-state index in [9.17, 15) is 0 Å². The van der Waals surface area contributed by atoms with Gasteiger partial charge >= 0.3 is 0 Å². The minimum absolute atomic E-state index is 0.222. The van der Waals surface area contributed by atoms with Crippen molar-refractivity contribution in [1.29, 1.82) is 0 Å². The second kappa shape index (κ2) is 5.15. The Hall–Kier alpha value is -2.32. The van der Waals surface area contributed by atoms with Gasteiger partial charge in [0, 0.05) is 26.4 Å². The molecule has 1 aromatic heterocycles. The first-order chi connectivity index (χ1) is 10.8. The van der Waals surface area contributed by atoms with Crippen LogP contribution in [0, 0.1) is 0 Å². The third-order valence-electron chi connectivity index (χ3n) is 4.22. The highest BCUT2D eigenvalue weighted by Crippen LogP contribution is 2.40. The fourth-order valence-electron chi connectivity index (χ4n) is 3.11. The van der Waals surface area contributed by atoms with Crippen molar-refractivity contribution in [2.75, 3.05) is 0 Å². The van der Waals surface area contributed by atoms with Crippen molar-refractivity contribution in [3.63, 3.8) is 0 Å². The van der Waals surface area contributed by atoms with E-state index < -0.39 is 0 Å². The SMILES string of the molecule is C=CN1C=CC(C)=CC1c1cccc2c1sc1ccccc12. The first-order valence-corrected chi connectivity index (χ1v) is 8.26. The Morgan fingerprint density at radius 1 is 1.09 bits per heavy atom. The first kappa shape index (κ1) is 13.4. The van der Waals surface area contributed by atoms with Gasteiger partial charge in [-0.3, -0.25) is 0 Å². The zero-order valence-electron chi connectivity index (χ0n) is 12.5. The summed E-state index contributed by atoms with van der Waals surface area (Å²) in [7, 11) is 0. The third kappa shape index (κ3) is 1.99. The van der Waals surface area contributed by atoms with Crippen LogP contribution in [-0.2, 0) is 0 Å². The zero-order valence-corrected chi connectivity index (χ0v) is 13.3. The van der Waals surface area contributed by atoms with Crippen LogP contribution in [0.15, 0.2) is 79.2 Å². The van der Waals surface area contributed by atoms with Gasteiger partial charge in [-0.05, 0) is 30.8 Å². The quantitative estimate of drug-likeness (QED) is 0.560. The van der Waals surface area contributed by atoms with Crippen LogP contribution in [0.4, 0.5) is 0 Å². The summed E-state index contributed by atoms with van der Waals surface area (Å²) in [5, 5.41) is 2.70. The lowest BCUT2D eigenvalue weighted by molar-refractivity contribution is 0.435. The number of hydrogen-bond acceptors (Lipinski definition) is 2. The van der Waals surface area contributed by atoms with E-state index in [0.717, 1.165) is 0 Å². The molecule has 108 valence electrons. The van der Waals surface area contributed by atoms with Crippen molar-refractivity contribution in [2.24, 2.45) is 0 Å². The Bertz CT molecular complexity index is 929. The molecular formula is C20H17NS. The highest BCUT2D eigenvalue weighted by atomic mass is 32.1. The van der Waals surface area contributed by atoms with Crippen molar-refractivity contribution in [3.8, 4) is 0 Å². The van der Waals surface area contributed by atoms with Gasteiger partial charge in [-0.25, -0.2) is 0 Å². The van der Waals surface area contributed by atoms with E-state index in [1.54, 1.807) is 0 Å². The number of allylic oxidation sites excluding steroid dienone is 2. The van der Waals surface area contributed by atoms with Crippen molar-refractivity contribution in [3.05, 3.63) is 84.7 Å². The van der Waals surface area contributed by atoms with Gasteiger partial charge in [0.2, 0.25) is 0 Å². The van der Waals surface area contributed by atoms with Crippen molar-refractivity contribution in [2.45, 2.75) is 13.0 Å². The van der Waals surface area contributed by atoms with Gasteiger partial charge in [-0.1, -0.05) is 54.6 Å². The van der Waals surface area contributed by atoms with Crippen LogP contribution in [0.25, 0.3) is 20.2 Å². The predicted octanol–water partition coefficient (Wildman–Crippen LogP) is 6.01. The summed E-state index contributed by atoms with van der Waals surface area (Å²) in [6.45, 7) is 6.10. The standard InChI is InChI=1S/C20H17NS/c1-3-21-12-11-14(2)13-18(21)17-9-6-8-16-15-7-4-5-10-19(15)22-20(16)17/h3-13,18H,1H2,2H3. The second-order valence-electron chi connectivity index (χ2n) is 5.62. The maximum absolute atomic E-state index is 3.96. The fourth-order valence-corrected chi connectivity index (χ4v) is 4.36. The number of thiophene rings is 1. The molecule has 0 amide bonds. The molecule has 2 heteroatoms. The lowest BCUT2D eigenvalue weighted by atomic mass is 9.98. The molecule has 2 aromatic carbocycles. The van der Waals surface area contributed by atoms with Gasteiger partial charge in [0.25, 0.3) is 0 Å². The molecule has 0 aliphatic carbocycles. The van der Waals surface area contributed by atoms with E-state index >= 15 is 0 Å². The monoisotopic (exact) mass is 303 g/mol. The van der Waals surface area contributed by atoms with Gasteiger partial charge in [0.05, 0.1) is 6.04 Å². The van der Waals surface area contributed by atoms with Crippen LogP contribution >= 0.6 is 11.3 Å². The number of benzene rings is 2. The largest absolute Gasteiger partial charge is 0.344 e. The van der Waals surface area contributed by atoms with Gasteiger partial charge in [-0.2, -0.15) is 0 Å². The molecule has 0 bridgehead atoms. The summed E-state index contributed by atoms with van der Waals surface area (Å²) >= 11 is 1.88. The Morgan fingerprint density at radius 3 is 2.77 bits per heavy atom. The molecule has 1 atom stereocenters. The lowest BCUT2D eigenvalue weighted by Gasteiger charge is -2.29. The van der Waals surface area contributed by atoms with Gasteiger partial charge in [-0.15, -0.1) is 11.3 Å². The van der Waals surface area contributed by atoms with Gasteiger partial charge in [0.1, 0.15) is 0 Å². The van der Waals surface area contributed by atoms with Crippen LogP contribution in [0.3, 0.4) is 0 Å². The molecule has 4 rings (SSSR count). The molecule has 0 saturated carbocycles. The molecule has 1 aliphatic rings. The minimum atomic E-state index is 0.222. The summed E-state index contributed by atoms with van der Waals surface area (Å²) in [6.07, 6.45) is 8.44. The van der Waals surface area contributed by atoms with Crippen LogP contribution < -0.4 is 0 Å². The summed E-state index contributed by atoms with van der Waals surface area (Å²) in [4.78, 5) is 2.17. The fraction of sp³-hybridized carbons (Fsp3) is 0.100. The molecule has 1 aliphatic heterocycles. The molecular weight excluding hydrogens is 286 g/mol. The molecule has 1 unspecified atom stereocenters. The molecule has 0 N–H and O–H groups in total. The molecule has 0 spiro atoms. The van der Waals surface area contributed by atoms with Crippen molar-refractivity contribution < 1.29 is 0 Å². The minimum Gasteiger partial charge on any atom is -0.344 e. The van der Waals surface area contributed by atoms with E-state index in [-0.39, 0.29) is 6.04 Å². The van der Waals surface area contributed by atoms with E-state index in [4.69, 9.17) is 0 Å². The van der Waals surface area contributed by atoms with Crippen LogP contribution in [0.5, 0.6) is 0 Å². The summed E-state index contributed by atoms with van der Waals surface area (Å²) in [6, 6.07) is 15.5. The molecule has 0 saturated heterocycles. The Morgan fingerprint density at radius 2 is 1.91 bits per heavy atom. The predicted molar refractivity (Wildman–Crippen MR) is 97.0 cm³/mol. The van der Waals surface area contributed by atoms with E-state index in [2.05, 4.69) is 79.2 Å². The average molecular weight is 303 g/mol. The molecule has 0 fully saturated rings. The number of rotatable bonds is 2. The topological polar surface area (TPSA) is 3.24 Å². The molecule has 2 heterocycles. The summed E-state index contributed by atoms with van der Waals surface area (Å²) < 4.78 is 2.72. The van der Waals surface area contributed by atoms with Crippen LogP contribution in [0.2, 0.25) is 0 Å². The summed E-state index contributed by atoms with van der Waals surface area (Å²) in [5.41, 5.74) is 2.64. The first-order valence-electron chi connectivity index (χ1n) is 7.45. The maximum Gasteiger partial charge on any atom is 0.0783 e. The van der Waals surface area contributed by atoms with Crippen LogP contribution in [0.1, 0.15) is 18.5 Å². The summed E-state index contributed by atoms with van der Waals surface area (Å²) in [5.74, 6) is 0. The average Bonchev–Trinajstić information content (AvgIpc) is 2.93. The van der Waals surface area contributed by atoms with Crippen molar-refractivity contribution in [1.82, 2.24) is 4.90 Å². The van der Waals surface area contributed by atoms with E-state index in [0.29, 0.717) is 0 Å². The number of fused-ring (bicyclic) bond motifs is 3. The zero-order chi connectivity index (χ0) is 15.1. The van der Waals surface area contributed by atoms with Gasteiger partial charge in [0.15, 0.2) is 0 Å². The van der Waals surface area contributed by atoms with E-state index in [1.165, 1.54) is 31.3 Å². The second-order valence-corrected chi connectivity index (χ2v) is 6.68. The Kier molecular flexibility index (Phi) is 3.12. The molecule has 1 nitrogen and oxygen atoms in total. The van der Waals surface area contributed by atoms with Crippen molar-refractivity contribution >= 4 is 31.5 Å². The molecule has 0 radical (unpaired) electrons. The van der Waals surface area contributed by atoms with Crippen LogP contribution in [-0.4, -0.2) is 4.90 Å². The third-order valence-corrected chi connectivity index (χ3v) is 5.45. The highest BCUT2D eigenvalue weighted by Gasteiger charge is 2.20. The van der Waals surface area contributed by atoms with E-state index in [1.807, 2.05) is 17.5 Å². The smallest absolute Gasteiger partial charge is 0.0783 e. The molecule has 3 aromatic rings. The lowest BCUT2D eigenvalue weighted by Crippen LogP contribution is -2.18. The number of nitrogens with zero attached hydrogens (tertiary/aromatic N) is 1. The Balaban J connectivity index is 1.98. The maximum atomic E-state index is 3.96. The number of hydrogen-bond donors (Lipinski definition) is 0. The van der Waals surface area contributed by atoms with Gasteiger partial charge < -0.3 is 4.90 Å². The molecule has 22 heavy (non-hydrogen) atoms. The normalized spacial score (nSPS) is 18.0. The Labute approximate surface area is 134 Å². The highest BCUT2D eigenvalue weighted by molar-refractivity contribution is 7.26.